The first-order chi connectivity index (χ1) is 10.4. The van der Waals surface area contributed by atoms with Crippen molar-refractivity contribution in [2.75, 3.05) is 19.4 Å². The number of anilines is 1. The maximum atomic E-state index is 13.3. The number of nitrogens with one attached hydrogen (secondary N) is 1. The highest BCUT2D eigenvalue weighted by Gasteiger charge is 2.13. The number of amides is 2. The zero-order chi connectivity index (χ0) is 16.3. The fourth-order valence-electron chi connectivity index (χ4n) is 1.86. The summed E-state index contributed by atoms with van der Waals surface area (Å²) < 4.78 is 13.7. The molecule has 2 amide bonds. The van der Waals surface area contributed by atoms with E-state index in [9.17, 15) is 14.0 Å². The highest BCUT2D eigenvalue weighted by Crippen LogP contribution is 2.20. The Morgan fingerprint density at radius 2 is 1.86 bits per heavy atom. The number of carbonyl (C=O) groups excluding carboxylic acids is 2. The molecule has 2 rings (SSSR count). The lowest BCUT2D eigenvalue weighted by atomic mass is 10.1. The largest absolute Gasteiger partial charge is 0.345 e. The summed E-state index contributed by atoms with van der Waals surface area (Å²) in [5.41, 5.74) is 1.11. The molecule has 6 heteroatoms. The van der Waals surface area contributed by atoms with Crippen LogP contribution in [0.15, 0.2) is 46.9 Å². The van der Waals surface area contributed by atoms with Crippen LogP contribution in [-0.2, 0) is 0 Å². The van der Waals surface area contributed by atoms with Gasteiger partial charge in [0.2, 0.25) is 0 Å². The second-order valence-electron chi connectivity index (χ2n) is 4.86. The van der Waals surface area contributed by atoms with E-state index >= 15 is 0 Å². The first-order valence-corrected chi connectivity index (χ1v) is 7.26. The number of carbonyl (C=O) groups is 2. The number of halogens is 2. The van der Waals surface area contributed by atoms with Gasteiger partial charge in [-0.15, -0.1) is 0 Å². The third-order valence-electron chi connectivity index (χ3n) is 2.95. The number of hydrogen-bond acceptors (Lipinski definition) is 2. The van der Waals surface area contributed by atoms with E-state index in [0.717, 1.165) is 6.07 Å². The van der Waals surface area contributed by atoms with Crippen LogP contribution >= 0.6 is 15.9 Å². The Balaban J connectivity index is 2.24. The van der Waals surface area contributed by atoms with Crippen LogP contribution in [0.25, 0.3) is 0 Å². The molecule has 0 spiro atoms. The van der Waals surface area contributed by atoms with Crippen LogP contribution in [0.5, 0.6) is 0 Å². The smallest absolute Gasteiger partial charge is 0.256 e. The van der Waals surface area contributed by atoms with Crippen molar-refractivity contribution < 1.29 is 14.0 Å². The summed E-state index contributed by atoms with van der Waals surface area (Å²) in [5, 5.41) is 2.65. The average Bonchev–Trinajstić information content (AvgIpc) is 2.49. The number of hydrogen-bond donors (Lipinski definition) is 1. The zero-order valence-corrected chi connectivity index (χ0v) is 13.6. The standard InChI is InChI=1S/C16H14BrFN2O2/c1-20(2)16(22)10-4-3-5-12(8-10)19-15(21)13-9-11(18)6-7-14(13)17/h3-9H,1-2H3,(H,19,21). The van der Waals surface area contributed by atoms with Crippen molar-refractivity contribution in [3.05, 3.63) is 63.9 Å². The van der Waals surface area contributed by atoms with Gasteiger partial charge in [-0.25, -0.2) is 4.39 Å². The summed E-state index contributed by atoms with van der Waals surface area (Å²) in [7, 11) is 3.30. The molecular formula is C16H14BrFN2O2. The van der Waals surface area contributed by atoms with E-state index in [0.29, 0.717) is 15.7 Å². The third-order valence-corrected chi connectivity index (χ3v) is 3.64. The molecule has 0 unspecified atom stereocenters. The quantitative estimate of drug-likeness (QED) is 0.905. The molecule has 114 valence electrons. The Hall–Kier alpha value is -2.21. The monoisotopic (exact) mass is 364 g/mol. The van der Waals surface area contributed by atoms with Gasteiger partial charge in [0.25, 0.3) is 11.8 Å². The van der Waals surface area contributed by atoms with Crippen LogP contribution in [-0.4, -0.2) is 30.8 Å². The van der Waals surface area contributed by atoms with Gasteiger partial charge in [0.15, 0.2) is 0 Å². The van der Waals surface area contributed by atoms with Crippen molar-refractivity contribution in [3.63, 3.8) is 0 Å². The molecule has 0 atom stereocenters. The van der Waals surface area contributed by atoms with Crippen LogP contribution in [0.2, 0.25) is 0 Å². The van der Waals surface area contributed by atoms with Crippen molar-refractivity contribution in [1.29, 1.82) is 0 Å². The molecule has 0 aliphatic heterocycles. The number of benzene rings is 2. The molecule has 0 saturated carbocycles. The second-order valence-corrected chi connectivity index (χ2v) is 5.71. The van der Waals surface area contributed by atoms with Gasteiger partial charge in [-0.1, -0.05) is 6.07 Å². The minimum absolute atomic E-state index is 0.164. The lowest BCUT2D eigenvalue weighted by Gasteiger charge is -2.12. The van der Waals surface area contributed by atoms with Crippen molar-refractivity contribution in [2.45, 2.75) is 0 Å². The molecule has 0 aliphatic rings. The Bertz CT molecular complexity index is 732. The molecule has 0 aromatic heterocycles. The molecule has 22 heavy (non-hydrogen) atoms. The topological polar surface area (TPSA) is 49.4 Å². The average molecular weight is 365 g/mol. The molecule has 0 saturated heterocycles. The van der Waals surface area contributed by atoms with Crippen LogP contribution in [0.4, 0.5) is 10.1 Å². The molecule has 0 bridgehead atoms. The van der Waals surface area contributed by atoms with E-state index in [4.69, 9.17) is 0 Å². The van der Waals surface area contributed by atoms with E-state index in [1.54, 1.807) is 38.4 Å². The lowest BCUT2D eigenvalue weighted by Crippen LogP contribution is -2.22. The normalized spacial score (nSPS) is 10.2. The fraction of sp³-hybridized carbons (Fsp3) is 0.125. The molecule has 2 aromatic rings. The minimum Gasteiger partial charge on any atom is -0.345 e. The lowest BCUT2D eigenvalue weighted by molar-refractivity contribution is 0.0827. The first kappa shape index (κ1) is 16.2. The van der Waals surface area contributed by atoms with Crippen LogP contribution < -0.4 is 5.32 Å². The van der Waals surface area contributed by atoms with Crippen LogP contribution in [0.1, 0.15) is 20.7 Å². The highest BCUT2D eigenvalue weighted by atomic mass is 79.9. The summed E-state index contributed by atoms with van der Waals surface area (Å²) in [4.78, 5) is 25.6. The van der Waals surface area contributed by atoms with Crippen molar-refractivity contribution in [1.82, 2.24) is 4.90 Å². The Labute approximate surface area is 136 Å². The van der Waals surface area contributed by atoms with Gasteiger partial charge in [-0.05, 0) is 52.3 Å². The molecule has 1 N–H and O–H groups in total. The number of rotatable bonds is 3. The molecular weight excluding hydrogens is 351 g/mol. The predicted molar refractivity (Wildman–Crippen MR) is 86.5 cm³/mol. The first-order valence-electron chi connectivity index (χ1n) is 6.46. The molecule has 0 radical (unpaired) electrons. The van der Waals surface area contributed by atoms with E-state index < -0.39 is 11.7 Å². The van der Waals surface area contributed by atoms with Gasteiger partial charge >= 0.3 is 0 Å². The third kappa shape index (κ3) is 3.71. The molecule has 0 heterocycles. The van der Waals surface area contributed by atoms with Crippen molar-refractivity contribution in [2.24, 2.45) is 0 Å². The maximum Gasteiger partial charge on any atom is 0.256 e. The molecule has 2 aromatic carbocycles. The SMILES string of the molecule is CN(C)C(=O)c1cccc(NC(=O)c2cc(F)ccc2Br)c1. The summed E-state index contributed by atoms with van der Waals surface area (Å²) in [6, 6.07) is 10.5. The molecule has 4 nitrogen and oxygen atoms in total. The van der Waals surface area contributed by atoms with E-state index in [1.165, 1.54) is 17.0 Å². The van der Waals surface area contributed by atoms with Crippen LogP contribution in [0, 0.1) is 5.82 Å². The summed E-state index contributed by atoms with van der Waals surface area (Å²) >= 11 is 3.21. The Morgan fingerprint density at radius 1 is 1.14 bits per heavy atom. The second kappa shape index (κ2) is 6.70. The molecule has 0 fully saturated rings. The van der Waals surface area contributed by atoms with Gasteiger partial charge in [0.1, 0.15) is 5.82 Å². The summed E-state index contributed by atoms with van der Waals surface area (Å²) in [5.74, 6) is -1.12. The van der Waals surface area contributed by atoms with Crippen LogP contribution in [0.3, 0.4) is 0 Å². The van der Waals surface area contributed by atoms with Gasteiger partial charge in [0.05, 0.1) is 5.56 Å². The predicted octanol–water partition coefficient (Wildman–Crippen LogP) is 3.54. The maximum absolute atomic E-state index is 13.3. The Morgan fingerprint density at radius 3 is 2.55 bits per heavy atom. The van der Waals surface area contributed by atoms with Gasteiger partial charge in [-0.2, -0.15) is 0 Å². The van der Waals surface area contributed by atoms with Crippen molar-refractivity contribution >= 4 is 33.4 Å². The zero-order valence-electron chi connectivity index (χ0n) is 12.1. The fourth-order valence-corrected chi connectivity index (χ4v) is 2.28. The Kier molecular flexibility index (Phi) is 4.92. The highest BCUT2D eigenvalue weighted by molar-refractivity contribution is 9.10. The van der Waals surface area contributed by atoms with Gasteiger partial charge < -0.3 is 10.2 Å². The molecule has 0 aliphatic carbocycles. The summed E-state index contributed by atoms with van der Waals surface area (Å²) in [6.07, 6.45) is 0. The van der Waals surface area contributed by atoms with Gasteiger partial charge in [-0.3, -0.25) is 9.59 Å². The minimum atomic E-state index is -0.495. The van der Waals surface area contributed by atoms with E-state index in [1.807, 2.05) is 0 Å². The van der Waals surface area contributed by atoms with E-state index in [2.05, 4.69) is 21.2 Å². The summed E-state index contributed by atoms with van der Waals surface area (Å²) in [6.45, 7) is 0. The van der Waals surface area contributed by atoms with Gasteiger partial charge in [0, 0.05) is 29.8 Å². The van der Waals surface area contributed by atoms with E-state index in [-0.39, 0.29) is 11.5 Å². The van der Waals surface area contributed by atoms with Crippen molar-refractivity contribution in [3.8, 4) is 0 Å². The number of nitrogens with zero attached hydrogens (tertiary/aromatic N) is 1.